The lowest BCUT2D eigenvalue weighted by atomic mass is 10.1. The first kappa shape index (κ1) is 24.9. The average Bonchev–Trinajstić information content (AvgIpc) is 2.88. The second kappa shape index (κ2) is 10.6. The maximum atomic E-state index is 15.0. The molecule has 0 spiro atoms. The summed E-state index contributed by atoms with van der Waals surface area (Å²) >= 11 is 0. The number of para-hydroxylation sites is 1. The van der Waals surface area contributed by atoms with E-state index in [2.05, 4.69) is 10.7 Å². The van der Waals surface area contributed by atoms with Gasteiger partial charge in [-0.25, -0.2) is 23.0 Å². The number of urea groups is 1. The van der Waals surface area contributed by atoms with Gasteiger partial charge in [0.2, 0.25) is 0 Å². The highest BCUT2D eigenvalue weighted by Gasteiger charge is 2.17. The molecule has 9 heteroatoms. The predicted molar refractivity (Wildman–Crippen MR) is 140 cm³/mol. The molecule has 0 heterocycles. The molecule has 0 saturated heterocycles. The number of anilines is 3. The minimum atomic E-state index is -3.51. The molecule has 0 unspecified atom stereocenters. The number of carbonyl (C=O) groups is 1. The van der Waals surface area contributed by atoms with Gasteiger partial charge in [0, 0.05) is 18.4 Å². The van der Waals surface area contributed by atoms with Crippen molar-refractivity contribution in [2.45, 2.75) is 11.4 Å². The van der Waals surface area contributed by atoms with E-state index in [1.165, 1.54) is 18.2 Å². The van der Waals surface area contributed by atoms with Crippen LogP contribution < -0.4 is 21.5 Å². The third-order valence-electron chi connectivity index (χ3n) is 5.45. The van der Waals surface area contributed by atoms with Gasteiger partial charge in [-0.2, -0.15) is 0 Å². The van der Waals surface area contributed by atoms with E-state index in [9.17, 15) is 17.6 Å². The number of amides is 2. The van der Waals surface area contributed by atoms with Crippen LogP contribution in [0.4, 0.5) is 26.2 Å². The molecule has 0 atom stereocenters. The van der Waals surface area contributed by atoms with Crippen LogP contribution in [-0.4, -0.2) is 20.7 Å². The van der Waals surface area contributed by atoms with E-state index in [1.54, 1.807) is 29.3 Å². The minimum Gasteiger partial charge on any atom is -0.326 e. The van der Waals surface area contributed by atoms with Gasteiger partial charge in [0.05, 0.1) is 22.0 Å². The molecule has 4 N–H and O–H groups in total. The number of sulfone groups is 1. The number of rotatable bonds is 7. The number of halogens is 1. The third kappa shape index (κ3) is 5.70. The highest BCUT2D eigenvalue weighted by atomic mass is 32.2. The van der Waals surface area contributed by atoms with Crippen LogP contribution in [0.5, 0.6) is 0 Å². The summed E-state index contributed by atoms with van der Waals surface area (Å²) in [5, 5.41) is 4.10. The quantitative estimate of drug-likeness (QED) is 0.299. The zero-order valence-electron chi connectivity index (χ0n) is 19.5. The molecule has 0 aliphatic heterocycles. The first-order chi connectivity index (χ1) is 17.3. The number of nitrogens with two attached hydrogens (primary N) is 1. The highest BCUT2D eigenvalue weighted by Crippen LogP contribution is 2.30. The lowest BCUT2D eigenvalue weighted by Crippen LogP contribution is -2.41. The number of carbonyl (C=O) groups excluding carboxylic acids is 1. The van der Waals surface area contributed by atoms with E-state index in [-0.39, 0.29) is 10.6 Å². The fourth-order valence-electron chi connectivity index (χ4n) is 3.74. The van der Waals surface area contributed by atoms with Crippen LogP contribution in [0.25, 0.3) is 11.1 Å². The Morgan fingerprint density at radius 3 is 2.28 bits per heavy atom. The lowest BCUT2D eigenvalue weighted by Gasteiger charge is -2.26. The number of benzene rings is 4. The van der Waals surface area contributed by atoms with Gasteiger partial charge in [-0.3, -0.25) is 5.01 Å². The van der Waals surface area contributed by atoms with Crippen molar-refractivity contribution in [1.82, 2.24) is 5.43 Å². The van der Waals surface area contributed by atoms with Gasteiger partial charge in [-0.15, -0.1) is 0 Å². The number of hydrogen-bond acceptors (Lipinski definition) is 5. The van der Waals surface area contributed by atoms with Gasteiger partial charge in [0.1, 0.15) is 5.82 Å². The maximum absolute atomic E-state index is 15.0. The van der Waals surface area contributed by atoms with E-state index >= 15 is 0 Å². The Kier molecular flexibility index (Phi) is 7.33. The van der Waals surface area contributed by atoms with Crippen LogP contribution in [0.3, 0.4) is 0 Å². The summed E-state index contributed by atoms with van der Waals surface area (Å²) in [5.41, 5.74) is 11.5. The zero-order chi connectivity index (χ0) is 25.7. The fraction of sp³-hybridized carbons (Fsp3) is 0.0741. The Morgan fingerprint density at radius 2 is 1.58 bits per heavy atom. The van der Waals surface area contributed by atoms with E-state index in [1.807, 2.05) is 54.6 Å². The van der Waals surface area contributed by atoms with Crippen LogP contribution >= 0.6 is 0 Å². The average molecular weight is 505 g/mol. The maximum Gasteiger partial charge on any atom is 0.338 e. The molecule has 0 aliphatic rings. The normalized spacial score (nSPS) is 11.1. The second-order valence-electron chi connectivity index (χ2n) is 8.07. The molecule has 0 saturated carbocycles. The topological polar surface area (TPSA) is 105 Å². The van der Waals surface area contributed by atoms with E-state index in [0.717, 1.165) is 11.8 Å². The van der Waals surface area contributed by atoms with E-state index in [4.69, 9.17) is 5.73 Å². The Morgan fingerprint density at radius 1 is 0.889 bits per heavy atom. The second-order valence-corrected chi connectivity index (χ2v) is 10.1. The Bertz CT molecular complexity index is 1490. The molecule has 36 heavy (non-hydrogen) atoms. The number of nitrogens with zero attached hydrogens (tertiary/aromatic N) is 1. The van der Waals surface area contributed by atoms with Crippen molar-refractivity contribution in [2.75, 3.05) is 16.6 Å². The van der Waals surface area contributed by atoms with Crippen molar-refractivity contribution < 1.29 is 17.6 Å². The monoisotopic (exact) mass is 504 g/mol. The van der Waals surface area contributed by atoms with Crippen molar-refractivity contribution in [1.29, 1.82) is 0 Å². The van der Waals surface area contributed by atoms with Crippen molar-refractivity contribution in [3.8, 4) is 11.1 Å². The standard InChI is InChI=1S/C27H25FN4O3S/c1-36(34,35)26-13-6-5-12-23(26)20-14-15-25(24(28)17-20)30-27(33)31-32(21-9-3-2-4-10-21)22-11-7-8-19(16-22)18-29/h2-17H,18,29H2,1H3,(H2,30,31,33). The SMILES string of the molecule is CS(=O)(=O)c1ccccc1-c1ccc(NC(=O)NN(c2ccccc2)c2cccc(CN)c2)c(F)c1. The molecule has 4 aromatic carbocycles. The van der Waals surface area contributed by atoms with Crippen molar-refractivity contribution in [3.63, 3.8) is 0 Å². The minimum absolute atomic E-state index is 0.0585. The molecule has 0 fully saturated rings. The largest absolute Gasteiger partial charge is 0.338 e. The van der Waals surface area contributed by atoms with Crippen LogP contribution in [0.2, 0.25) is 0 Å². The molecule has 0 radical (unpaired) electrons. The van der Waals surface area contributed by atoms with Crippen LogP contribution in [0, 0.1) is 5.82 Å². The molecule has 0 aromatic heterocycles. The smallest absolute Gasteiger partial charge is 0.326 e. The Balaban J connectivity index is 1.58. The van der Waals surface area contributed by atoms with Gasteiger partial charge in [0.25, 0.3) is 0 Å². The third-order valence-corrected chi connectivity index (χ3v) is 6.60. The van der Waals surface area contributed by atoms with E-state index < -0.39 is 21.7 Å². The molecule has 4 aromatic rings. The predicted octanol–water partition coefficient (Wildman–Crippen LogP) is 5.23. The van der Waals surface area contributed by atoms with Crippen molar-refractivity contribution in [3.05, 3.63) is 108 Å². The van der Waals surface area contributed by atoms with Crippen LogP contribution in [0.15, 0.2) is 102 Å². The summed E-state index contributed by atoms with van der Waals surface area (Å²) in [6.07, 6.45) is 1.10. The summed E-state index contributed by atoms with van der Waals surface area (Å²) in [6, 6.07) is 26.4. The molecular formula is C27H25FN4O3S. The summed E-state index contributed by atoms with van der Waals surface area (Å²) < 4.78 is 39.2. The van der Waals surface area contributed by atoms with Crippen LogP contribution in [0.1, 0.15) is 5.56 Å². The fourth-order valence-corrected chi connectivity index (χ4v) is 4.65. The van der Waals surface area contributed by atoms with Gasteiger partial charge in [0.15, 0.2) is 9.84 Å². The first-order valence-electron chi connectivity index (χ1n) is 11.1. The van der Waals surface area contributed by atoms with Gasteiger partial charge >= 0.3 is 6.03 Å². The highest BCUT2D eigenvalue weighted by molar-refractivity contribution is 7.90. The number of nitrogens with one attached hydrogen (secondary N) is 2. The molecule has 7 nitrogen and oxygen atoms in total. The summed E-state index contributed by atoms with van der Waals surface area (Å²) in [4.78, 5) is 13.0. The molecule has 0 aliphatic carbocycles. The van der Waals surface area contributed by atoms with Crippen molar-refractivity contribution >= 4 is 32.9 Å². The van der Waals surface area contributed by atoms with Gasteiger partial charge < -0.3 is 11.1 Å². The molecular weight excluding hydrogens is 479 g/mol. The van der Waals surface area contributed by atoms with Gasteiger partial charge in [-0.05, 0) is 53.6 Å². The molecule has 4 rings (SSSR count). The molecule has 2 amide bonds. The summed E-state index contributed by atoms with van der Waals surface area (Å²) in [7, 11) is -3.51. The zero-order valence-corrected chi connectivity index (χ0v) is 20.3. The molecule has 184 valence electrons. The summed E-state index contributed by atoms with van der Waals surface area (Å²) in [5.74, 6) is -0.706. The Hall–Kier alpha value is -4.21. The van der Waals surface area contributed by atoms with Crippen LogP contribution in [-0.2, 0) is 16.4 Å². The number of hydrogen-bond donors (Lipinski definition) is 3. The molecule has 0 bridgehead atoms. The lowest BCUT2D eigenvalue weighted by molar-refractivity contribution is 0.252. The first-order valence-corrected chi connectivity index (χ1v) is 13.0. The number of hydrazine groups is 1. The van der Waals surface area contributed by atoms with E-state index in [0.29, 0.717) is 29.0 Å². The summed E-state index contributed by atoms with van der Waals surface area (Å²) in [6.45, 7) is 0.336. The Labute approximate surface area is 209 Å². The van der Waals surface area contributed by atoms with Gasteiger partial charge in [-0.1, -0.05) is 54.6 Å². The van der Waals surface area contributed by atoms with Crippen molar-refractivity contribution in [2.24, 2.45) is 5.73 Å².